The molecule has 5 aromatic rings. The van der Waals surface area contributed by atoms with Crippen LogP contribution in [0.4, 0.5) is 14.5 Å². The van der Waals surface area contributed by atoms with Gasteiger partial charge in [-0.15, -0.1) is 0 Å². The predicted octanol–water partition coefficient (Wildman–Crippen LogP) is 7.27. The molecule has 2 heterocycles. The molecule has 43 heavy (non-hydrogen) atoms. The second kappa shape index (κ2) is 13.1. The van der Waals surface area contributed by atoms with Gasteiger partial charge in [-0.3, -0.25) is 4.79 Å². The minimum Gasteiger partial charge on any atom is -0.593 e. The van der Waals surface area contributed by atoms with Gasteiger partial charge in [0.15, 0.2) is 6.17 Å². The fourth-order valence-electron chi connectivity index (χ4n) is 4.66. The maximum absolute atomic E-state index is 15.1. The molecule has 2 atom stereocenters. The molecule has 0 aliphatic rings. The molecule has 0 saturated carbocycles. The summed E-state index contributed by atoms with van der Waals surface area (Å²) in [6, 6.07) is 21.5. The summed E-state index contributed by atoms with van der Waals surface area (Å²) in [6.07, 6.45) is 0.000351. The number of benzene rings is 3. The Kier molecular flexibility index (Phi) is 9.31. The molecule has 222 valence electrons. The van der Waals surface area contributed by atoms with Crippen LogP contribution in [0.2, 0.25) is 5.15 Å². The van der Waals surface area contributed by atoms with Gasteiger partial charge < -0.3 is 19.0 Å². The summed E-state index contributed by atoms with van der Waals surface area (Å²) in [7, 11) is 3.14. The monoisotopic (exact) mass is 623 g/mol. The number of carbonyl (C=O) groups is 1. The van der Waals surface area contributed by atoms with Crippen LogP contribution in [0.15, 0.2) is 83.3 Å². The highest BCUT2D eigenvalue weighted by molar-refractivity contribution is 7.92. The molecule has 0 aliphatic heterocycles. The van der Waals surface area contributed by atoms with E-state index in [0.717, 1.165) is 5.56 Å². The molecule has 0 spiro atoms. The van der Waals surface area contributed by atoms with Gasteiger partial charge in [-0.2, -0.15) is 4.31 Å². The van der Waals surface area contributed by atoms with Crippen LogP contribution in [-0.2, 0) is 22.7 Å². The van der Waals surface area contributed by atoms with E-state index in [1.54, 1.807) is 25.2 Å². The average Bonchev–Trinajstić information content (AvgIpc) is 3.38. The molecule has 0 fully saturated rings. The van der Waals surface area contributed by atoms with Crippen molar-refractivity contribution >= 4 is 45.5 Å². The Bertz CT molecular complexity index is 1750. The van der Waals surface area contributed by atoms with Crippen LogP contribution >= 0.6 is 11.6 Å². The number of nitrogens with one attached hydrogen (secondary N) is 1. The van der Waals surface area contributed by atoms with E-state index in [2.05, 4.69) is 10.3 Å². The third-order valence-corrected chi connectivity index (χ3v) is 8.23. The summed E-state index contributed by atoms with van der Waals surface area (Å²) >= 11 is 5.05. The first-order valence-electron chi connectivity index (χ1n) is 13.3. The molecule has 0 bridgehead atoms. The Labute approximate surface area is 255 Å². The number of hydrogen-bond acceptors (Lipinski definition) is 6. The zero-order valence-corrected chi connectivity index (χ0v) is 25.1. The molecule has 1 amide bonds. The standard InChI is InChI=1S/C32H28ClF2N3O4S/c1-36-32(39)29-24-15-23(26-14-13-22(31(33)37-26)25(35)18-41-17-19-7-5-4-6-8-19)27(38(2)43(3)40)16-28(24)42-30(29)20-9-11-21(34)12-10-20/h4-16,25H,17-18H2,1-3H3,(H,36,39). The van der Waals surface area contributed by atoms with Gasteiger partial charge in [0.2, 0.25) is 0 Å². The molecule has 2 aromatic heterocycles. The molecule has 5 rings (SSSR count). The Hall–Kier alpha value is -3.96. The van der Waals surface area contributed by atoms with Crippen molar-refractivity contribution < 1.29 is 27.3 Å². The van der Waals surface area contributed by atoms with Crippen molar-refractivity contribution in [2.45, 2.75) is 12.8 Å². The zero-order chi connectivity index (χ0) is 30.7. The number of furan rings is 1. The number of alkyl halides is 1. The van der Waals surface area contributed by atoms with Crippen molar-refractivity contribution in [1.29, 1.82) is 0 Å². The molecule has 2 unspecified atom stereocenters. The number of pyridine rings is 1. The summed E-state index contributed by atoms with van der Waals surface area (Å²) in [5.41, 5.74) is 3.51. The van der Waals surface area contributed by atoms with Crippen LogP contribution in [0.1, 0.15) is 27.7 Å². The van der Waals surface area contributed by atoms with Gasteiger partial charge in [0, 0.05) is 35.2 Å². The highest BCUT2D eigenvalue weighted by Crippen LogP contribution is 2.41. The van der Waals surface area contributed by atoms with Crippen molar-refractivity contribution in [3.8, 4) is 22.6 Å². The normalized spacial score (nSPS) is 12.7. The van der Waals surface area contributed by atoms with Gasteiger partial charge in [-0.1, -0.05) is 48.0 Å². The van der Waals surface area contributed by atoms with Crippen LogP contribution in [-0.4, -0.2) is 42.4 Å². The first-order chi connectivity index (χ1) is 20.7. The lowest BCUT2D eigenvalue weighted by atomic mass is 10.0. The number of fused-ring (bicyclic) bond motifs is 1. The highest BCUT2D eigenvalue weighted by atomic mass is 35.5. The molecule has 0 radical (unpaired) electrons. The first-order valence-corrected chi connectivity index (χ1v) is 15.2. The summed E-state index contributed by atoms with van der Waals surface area (Å²) in [6.45, 7) is 0.0492. The lowest BCUT2D eigenvalue weighted by Gasteiger charge is -2.22. The third kappa shape index (κ3) is 6.52. The second-order valence-electron chi connectivity index (χ2n) is 9.72. The number of amides is 1. The number of anilines is 1. The first kappa shape index (κ1) is 30.5. The van der Waals surface area contributed by atoms with E-state index in [9.17, 15) is 13.7 Å². The summed E-state index contributed by atoms with van der Waals surface area (Å²) < 4.78 is 54.5. The molecule has 0 aliphatic carbocycles. The second-order valence-corrected chi connectivity index (χ2v) is 11.5. The lowest BCUT2D eigenvalue weighted by Crippen LogP contribution is -2.25. The molecular weight excluding hydrogens is 596 g/mol. The van der Waals surface area contributed by atoms with Crippen LogP contribution in [0, 0.1) is 5.82 Å². The van der Waals surface area contributed by atoms with Gasteiger partial charge in [-0.05, 0) is 42.0 Å². The number of carbonyl (C=O) groups excluding carboxylic acids is 1. The van der Waals surface area contributed by atoms with Crippen LogP contribution in [0.25, 0.3) is 33.6 Å². The quantitative estimate of drug-likeness (QED) is 0.130. The Morgan fingerprint density at radius 1 is 1.14 bits per heavy atom. The molecule has 3 aromatic carbocycles. The smallest absolute Gasteiger partial charge is 0.255 e. The molecule has 0 saturated heterocycles. The van der Waals surface area contributed by atoms with Crippen LogP contribution < -0.4 is 9.62 Å². The van der Waals surface area contributed by atoms with Gasteiger partial charge in [0.25, 0.3) is 5.91 Å². The zero-order valence-electron chi connectivity index (χ0n) is 23.6. The van der Waals surface area contributed by atoms with Crippen LogP contribution in [0.3, 0.4) is 0 Å². The number of nitrogens with zero attached hydrogens (tertiary/aromatic N) is 2. The fraction of sp³-hybridized carbons (Fsp3) is 0.188. The summed E-state index contributed by atoms with van der Waals surface area (Å²) in [5.74, 6) is -0.598. The van der Waals surface area contributed by atoms with Gasteiger partial charge in [-0.25, -0.2) is 13.8 Å². The topological polar surface area (TPSA) is 90.7 Å². The third-order valence-electron chi connectivity index (χ3n) is 6.96. The molecule has 11 heteroatoms. The Morgan fingerprint density at radius 3 is 2.51 bits per heavy atom. The van der Waals surface area contributed by atoms with E-state index in [4.69, 9.17) is 20.8 Å². The van der Waals surface area contributed by atoms with E-state index in [-0.39, 0.29) is 35.3 Å². The van der Waals surface area contributed by atoms with Crippen molar-refractivity contribution in [1.82, 2.24) is 10.3 Å². The van der Waals surface area contributed by atoms with Gasteiger partial charge >= 0.3 is 0 Å². The maximum atomic E-state index is 15.1. The molecular formula is C32H28ClF2N3O4S. The van der Waals surface area contributed by atoms with E-state index in [1.807, 2.05) is 30.3 Å². The molecule has 7 nitrogen and oxygen atoms in total. The lowest BCUT2D eigenvalue weighted by molar-refractivity contribution is 0.0694. The van der Waals surface area contributed by atoms with E-state index in [1.165, 1.54) is 47.9 Å². The number of ether oxygens (including phenoxy) is 1. The Morgan fingerprint density at radius 2 is 1.86 bits per heavy atom. The summed E-state index contributed by atoms with van der Waals surface area (Å²) in [5, 5.41) is 3.03. The SMILES string of the molecule is CNC(=O)c1c(-c2ccc(F)cc2)oc2cc(N(C)[S+](C)[O-])c(-c3ccc(C(F)COCc4ccccc4)c(Cl)n3)cc12. The predicted molar refractivity (Wildman–Crippen MR) is 166 cm³/mol. The van der Waals surface area contributed by atoms with Gasteiger partial charge in [0.05, 0.1) is 48.6 Å². The van der Waals surface area contributed by atoms with Crippen molar-refractivity contribution in [2.75, 3.05) is 31.3 Å². The maximum Gasteiger partial charge on any atom is 0.255 e. The largest absolute Gasteiger partial charge is 0.593 e. The van der Waals surface area contributed by atoms with Crippen molar-refractivity contribution in [3.63, 3.8) is 0 Å². The highest BCUT2D eigenvalue weighted by Gasteiger charge is 2.27. The van der Waals surface area contributed by atoms with E-state index < -0.39 is 29.3 Å². The van der Waals surface area contributed by atoms with Crippen molar-refractivity contribution in [2.24, 2.45) is 0 Å². The van der Waals surface area contributed by atoms with Crippen molar-refractivity contribution in [3.05, 3.63) is 107 Å². The van der Waals surface area contributed by atoms with E-state index in [0.29, 0.717) is 33.5 Å². The fourth-order valence-corrected chi connectivity index (χ4v) is 5.36. The minimum absolute atomic E-state index is 0.0506. The average molecular weight is 624 g/mol. The number of aromatic nitrogens is 1. The number of halogens is 3. The molecule has 1 N–H and O–H groups in total. The van der Waals surface area contributed by atoms with Gasteiger partial charge in [0.1, 0.15) is 28.6 Å². The number of hydrogen-bond donors (Lipinski definition) is 1. The van der Waals surface area contributed by atoms with Crippen LogP contribution in [0.5, 0.6) is 0 Å². The van der Waals surface area contributed by atoms with E-state index >= 15 is 4.39 Å². The Balaban J connectivity index is 1.56. The number of rotatable bonds is 10. The minimum atomic E-state index is -1.52. The summed E-state index contributed by atoms with van der Waals surface area (Å²) in [4.78, 5) is 17.6.